The smallest absolute Gasteiger partial charge is 0.323 e. The second-order valence-corrected chi connectivity index (χ2v) is 6.16. The third-order valence-electron chi connectivity index (χ3n) is 4.48. The predicted molar refractivity (Wildman–Crippen MR) is 101 cm³/mol. The number of fused-ring (bicyclic) bond motifs is 2. The summed E-state index contributed by atoms with van der Waals surface area (Å²) in [5.74, 6) is -0.0280. The van der Waals surface area contributed by atoms with Gasteiger partial charge in [0.25, 0.3) is 0 Å². The summed E-state index contributed by atoms with van der Waals surface area (Å²) in [5.41, 5.74) is 10.6. The first-order chi connectivity index (χ1) is 13.1. The number of hydrogen-bond acceptors (Lipinski definition) is 4. The molecule has 3 heterocycles. The van der Waals surface area contributed by atoms with E-state index in [-0.39, 0.29) is 11.5 Å². The van der Waals surface area contributed by atoms with E-state index in [2.05, 4.69) is 19.9 Å². The first kappa shape index (κ1) is 15.3. The van der Waals surface area contributed by atoms with Crippen molar-refractivity contribution >= 4 is 22.5 Å². The van der Waals surface area contributed by atoms with E-state index >= 15 is 0 Å². The Morgan fingerprint density at radius 3 is 2.56 bits per heavy atom. The summed E-state index contributed by atoms with van der Waals surface area (Å²) in [6.07, 6.45) is 3.36. The zero-order chi connectivity index (χ0) is 18.5. The first-order valence-corrected chi connectivity index (χ1v) is 8.21. The molecule has 2 aromatic carbocycles. The lowest BCUT2D eigenvalue weighted by Gasteiger charge is -2.06. The van der Waals surface area contributed by atoms with Crippen LogP contribution in [0.25, 0.3) is 39.2 Å². The van der Waals surface area contributed by atoms with Gasteiger partial charge in [0.1, 0.15) is 5.82 Å². The van der Waals surface area contributed by atoms with Crippen LogP contribution in [0.4, 0.5) is 10.2 Å². The molecule has 0 aliphatic rings. The molecule has 0 saturated heterocycles. The van der Waals surface area contributed by atoms with Gasteiger partial charge < -0.3 is 15.7 Å². The van der Waals surface area contributed by atoms with Crippen molar-refractivity contribution in [2.75, 3.05) is 5.73 Å². The Bertz CT molecular complexity index is 1360. The number of anilines is 1. The van der Waals surface area contributed by atoms with Crippen molar-refractivity contribution in [3.63, 3.8) is 0 Å². The molecule has 0 unspecified atom stereocenters. The van der Waals surface area contributed by atoms with Gasteiger partial charge in [-0.15, -0.1) is 0 Å². The second kappa shape index (κ2) is 5.53. The fraction of sp³-hybridized carbons (Fsp3) is 0. The average molecular weight is 360 g/mol. The summed E-state index contributed by atoms with van der Waals surface area (Å²) in [6, 6.07) is 11.7. The molecule has 0 spiro atoms. The van der Waals surface area contributed by atoms with Crippen LogP contribution in [0.3, 0.4) is 0 Å². The quantitative estimate of drug-likeness (QED) is 0.450. The van der Waals surface area contributed by atoms with Gasteiger partial charge in [-0.05, 0) is 36.4 Å². The van der Waals surface area contributed by atoms with E-state index in [1.54, 1.807) is 24.5 Å². The van der Waals surface area contributed by atoms with Gasteiger partial charge in [-0.2, -0.15) is 0 Å². The number of benzene rings is 2. The van der Waals surface area contributed by atoms with Crippen molar-refractivity contribution in [3.05, 3.63) is 71.2 Å². The lowest BCUT2D eigenvalue weighted by molar-refractivity contribution is 0.628. The maximum Gasteiger partial charge on any atom is 0.323 e. The standard InChI is InChI=1S/C19H13FN6O/c20-12-4-1-10(2-5-12)15-16(26-8-7-22-17(21)18(26)25-15)11-3-6-13-14(9-11)24-19(27)23-13/h1-9H,(H2,21,22)(H2,23,24,27). The topological polar surface area (TPSA) is 105 Å². The maximum atomic E-state index is 13.4. The van der Waals surface area contributed by atoms with Crippen LogP contribution in [-0.4, -0.2) is 24.3 Å². The molecule has 0 saturated carbocycles. The summed E-state index contributed by atoms with van der Waals surface area (Å²) in [6.45, 7) is 0. The normalized spacial score (nSPS) is 11.4. The third kappa shape index (κ3) is 2.38. The largest absolute Gasteiger partial charge is 0.381 e. The molecule has 7 nitrogen and oxygen atoms in total. The van der Waals surface area contributed by atoms with E-state index in [1.807, 2.05) is 22.6 Å². The Balaban J connectivity index is 1.85. The van der Waals surface area contributed by atoms with Gasteiger partial charge in [-0.1, -0.05) is 6.07 Å². The van der Waals surface area contributed by atoms with Crippen molar-refractivity contribution in [2.24, 2.45) is 0 Å². The lowest BCUT2D eigenvalue weighted by atomic mass is 10.0. The highest BCUT2D eigenvalue weighted by molar-refractivity contribution is 5.88. The fourth-order valence-corrected chi connectivity index (χ4v) is 3.26. The number of nitrogens with one attached hydrogen (secondary N) is 2. The van der Waals surface area contributed by atoms with Crippen molar-refractivity contribution in [2.45, 2.75) is 0 Å². The monoisotopic (exact) mass is 360 g/mol. The van der Waals surface area contributed by atoms with Gasteiger partial charge in [0.2, 0.25) is 0 Å². The molecule has 0 bridgehead atoms. The molecule has 0 amide bonds. The highest BCUT2D eigenvalue weighted by Gasteiger charge is 2.18. The van der Waals surface area contributed by atoms with Gasteiger partial charge in [0.15, 0.2) is 11.5 Å². The van der Waals surface area contributed by atoms with Crippen molar-refractivity contribution in [3.8, 4) is 22.5 Å². The number of rotatable bonds is 2. The van der Waals surface area contributed by atoms with E-state index in [9.17, 15) is 9.18 Å². The minimum absolute atomic E-state index is 0.271. The third-order valence-corrected chi connectivity index (χ3v) is 4.48. The van der Waals surface area contributed by atoms with Crippen LogP contribution < -0.4 is 11.4 Å². The molecule has 0 radical (unpaired) electrons. The van der Waals surface area contributed by atoms with Gasteiger partial charge in [-0.25, -0.2) is 19.2 Å². The van der Waals surface area contributed by atoms with E-state index in [0.29, 0.717) is 28.2 Å². The number of imidazole rings is 2. The minimum atomic E-state index is -0.323. The van der Waals surface area contributed by atoms with Crippen LogP contribution in [-0.2, 0) is 0 Å². The molecule has 132 valence electrons. The Labute approximate surface area is 151 Å². The molecular formula is C19H13FN6O. The molecule has 3 aromatic heterocycles. The number of halogens is 1. The Kier molecular flexibility index (Phi) is 3.14. The molecule has 4 N–H and O–H groups in total. The van der Waals surface area contributed by atoms with E-state index < -0.39 is 0 Å². The van der Waals surface area contributed by atoms with E-state index in [4.69, 9.17) is 5.73 Å². The highest BCUT2D eigenvalue weighted by atomic mass is 19.1. The number of aromatic nitrogens is 5. The summed E-state index contributed by atoms with van der Waals surface area (Å²) >= 11 is 0. The Morgan fingerprint density at radius 1 is 1.00 bits per heavy atom. The van der Waals surface area contributed by atoms with E-state index in [1.165, 1.54) is 12.1 Å². The van der Waals surface area contributed by atoms with Gasteiger partial charge in [-0.3, -0.25) is 4.40 Å². The van der Waals surface area contributed by atoms with Crippen LogP contribution in [0.1, 0.15) is 0 Å². The number of nitrogen functional groups attached to an aromatic ring is 1. The molecule has 5 rings (SSSR count). The summed E-state index contributed by atoms with van der Waals surface area (Å²) < 4.78 is 15.2. The van der Waals surface area contributed by atoms with Gasteiger partial charge >= 0.3 is 5.69 Å². The average Bonchev–Trinajstić information content (AvgIpc) is 3.22. The summed E-state index contributed by atoms with van der Waals surface area (Å²) in [7, 11) is 0. The van der Waals surface area contributed by atoms with Crippen molar-refractivity contribution < 1.29 is 4.39 Å². The molecule has 0 atom stereocenters. The lowest BCUT2D eigenvalue weighted by Crippen LogP contribution is -1.99. The van der Waals surface area contributed by atoms with E-state index in [0.717, 1.165) is 16.8 Å². The molecule has 27 heavy (non-hydrogen) atoms. The molecule has 0 fully saturated rings. The van der Waals surface area contributed by atoms with Crippen LogP contribution >= 0.6 is 0 Å². The van der Waals surface area contributed by atoms with Crippen LogP contribution in [0.5, 0.6) is 0 Å². The van der Waals surface area contributed by atoms with Crippen molar-refractivity contribution in [1.29, 1.82) is 0 Å². The fourth-order valence-electron chi connectivity index (χ4n) is 3.26. The van der Waals surface area contributed by atoms with Gasteiger partial charge in [0.05, 0.1) is 22.4 Å². The predicted octanol–water partition coefficient (Wildman–Crippen LogP) is 2.95. The van der Waals surface area contributed by atoms with Crippen LogP contribution in [0.15, 0.2) is 59.7 Å². The molecule has 8 heteroatoms. The van der Waals surface area contributed by atoms with Crippen LogP contribution in [0.2, 0.25) is 0 Å². The zero-order valence-corrected chi connectivity index (χ0v) is 13.9. The molecule has 0 aliphatic carbocycles. The highest BCUT2D eigenvalue weighted by Crippen LogP contribution is 2.34. The summed E-state index contributed by atoms with van der Waals surface area (Å²) in [5, 5.41) is 0. The minimum Gasteiger partial charge on any atom is -0.381 e. The first-order valence-electron chi connectivity index (χ1n) is 8.21. The Morgan fingerprint density at radius 2 is 1.74 bits per heavy atom. The number of nitrogens with zero attached hydrogens (tertiary/aromatic N) is 3. The SMILES string of the molecule is Nc1nccn2c(-c3ccc4[nH]c(=O)[nH]c4c3)c(-c3ccc(F)cc3)nc12. The second-order valence-electron chi connectivity index (χ2n) is 6.16. The number of aromatic amines is 2. The molecular weight excluding hydrogens is 347 g/mol. The maximum absolute atomic E-state index is 13.4. The zero-order valence-electron chi connectivity index (χ0n) is 13.9. The molecule has 0 aliphatic heterocycles. The van der Waals surface area contributed by atoms with Gasteiger partial charge in [0, 0.05) is 23.5 Å². The number of H-pyrrole nitrogens is 2. The van der Waals surface area contributed by atoms with Crippen molar-refractivity contribution in [1.82, 2.24) is 24.3 Å². The Hall–Kier alpha value is -3.94. The number of hydrogen-bond donors (Lipinski definition) is 3. The van der Waals surface area contributed by atoms with Crippen LogP contribution in [0, 0.1) is 5.82 Å². The summed E-state index contributed by atoms with van der Waals surface area (Å²) in [4.78, 5) is 25.8. The molecule has 5 aromatic rings. The number of nitrogens with two attached hydrogens (primary N) is 1.